The van der Waals surface area contributed by atoms with Gasteiger partial charge in [-0.3, -0.25) is 0 Å². The Kier molecular flexibility index (Phi) is 4.20. The number of nitrogens with zero attached hydrogens (tertiary/aromatic N) is 2. The van der Waals surface area contributed by atoms with Gasteiger partial charge in [-0.15, -0.1) is 0 Å². The van der Waals surface area contributed by atoms with Gasteiger partial charge in [0, 0.05) is 5.56 Å². The van der Waals surface area contributed by atoms with Crippen LogP contribution in [0.3, 0.4) is 0 Å². The van der Waals surface area contributed by atoms with Gasteiger partial charge in [0.1, 0.15) is 6.07 Å². The van der Waals surface area contributed by atoms with Crippen molar-refractivity contribution in [2.75, 3.05) is 0 Å². The minimum absolute atomic E-state index is 0.0130. The van der Waals surface area contributed by atoms with Gasteiger partial charge in [0.15, 0.2) is 16.0 Å². The average Bonchev–Trinajstić information content (AvgIpc) is 2.20. The molecule has 0 saturated carbocycles. The van der Waals surface area contributed by atoms with Gasteiger partial charge in [-0.05, 0) is 21.3 Å². The second-order valence-corrected chi connectivity index (χ2v) is 5.63. The van der Waals surface area contributed by atoms with Crippen LogP contribution in [0.2, 0.25) is 5.02 Å². The fraction of sp³-hybridized carbons (Fsp3) is 0.364. The number of carboxylic acid groups (broad SMARTS) is 1. The summed E-state index contributed by atoms with van der Waals surface area (Å²) in [6.07, 6.45) is -1.47. The van der Waals surface area contributed by atoms with Crippen LogP contribution in [0.1, 0.15) is 32.0 Å². The monoisotopic (exact) mass is 332 g/mol. The third kappa shape index (κ3) is 2.92. The number of hydrogen-bond acceptors (Lipinski definition) is 4. The molecule has 0 amide bonds. The van der Waals surface area contributed by atoms with Crippen molar-refractivity contribution in [2.24, 2.45) is 0 Å². The molecule has 0 fully saturated rings. The number of carbonyl (C=O) groups is 1. The minimum atomic E-state index is -1.47. The predicted octanol–water partition coefficient (Wildman–Crippen LogP) is 3.72. The van der Waals surface area contributed by atoms with Crippen molar-refractivity contribution in [3.63, 3.8) is 0 Å². The lowest BCUT2D eigenvalue weighted by atomic mass is 9.86. The molecule has 0 aliphatic rings. The standard InChI is InChI=1S/C11H10BrClN2O3/c1-11(2,3)6-7(13)5(4-14)15-9(12)8(6)18-10(16)17/h1-3H3,(H,16,17). The zero-order chi connectivity index (χ0) is 14.1. The van der Waals surface area contributed by atoms with Crippen LogP contribution in [0.4, 0.5) is 4.79 Å². The van der Waals surface area contributed by atoms with Crippen molar-refractivity contribution in [1.29, 1.82) is 5.26 Å². The van der Waals surface area contributed by atoms with Gasteiger partial charge in [-0.2, -0.15) is 5.26 Å². The first-order valence-corrected chi connectivity index (χ1v) is 6.06. The van der Waals surface area contributed by atoms with E-state index in [9.17, 15) is 4.79 Å². The molecule has 18 heavy (non-hydrogen) atoms. The average molecular weight is 334 g/mol. The molecule has 1 aromatic rings. The molecule has 1 heterocycles. The van der Waals surface area contributed by atoms with Crippen LogP contribution in [0.25, 0.3) is 0 Å². The number of ether oxygens (including phenoxy) is 1. The molecule has 0 bridgehead atoms. The van der Waals surface area contributed by atoms with Crippen LogP contribution in [0, 0.1) is 11.3 Å². The van der Waals surface area contributed by atoms with Crippen molar-refractivity contribution in [3.8, 4) is 11.8 Å². The van der Waals surface area contributed by atoms with Crippen molar-refractivity contribution >= 4 is 33.7 Å². The van der Waals surface area contributed by atoms with Crippen molar-refractivity contribution in [2.45, 2.75) is 26.2 Å². The van der Waals surface area contributed by atoms with E-state index in [1.54, 1.807) is 0 Å². The summed E-state index contributed by atoms with van der Waals surface area (Å²) >= 11 is 9.16. The normalized spacial score (nSPS) is 10.9. The predicted molar refractivity (Wildman–Crippen MR) is 69.0 cm³/mol. The Hall–Kier alpha value is -1.32. The SMILES string of the molecule is CC(C)(C)c1c(Cl)c(C#N)nc(Br)c1OC(=O)O. The Morgan fingerprint density at radius 2 is 2.11 bits per heavy atom. The Morgan fingerprint density at radius 1 is 1.56 bits per heavy atom. The quantitative estimate of drug-likeness (QED) is 0.625. The van der Waals surface area contributed by atoms with Gasteiger partial charge < -0.3 is 9.84 Å². The molecule has 96 valence electrons. The molecule has 5 nitrogen and oxygen atoms in total. The van der Waals surface area contributed by atoms with E-state index in [1.165, 1.54) is 0 Å². The molecular weight excluding hydrogens is 323 g/mol. The van der Waals surface area contributed by atoms with Crippen LogP contribution < -0.4 is 4.74 Å². The largest absolute Gasteiger partial charge is 0.511 e. The highest BCUT2D eigenvalue weighted by molar-refractivity contribution is 9.10. The van der Waals surface area contributed by atoms with E-state index in [1.807, 2.05) is 26.8 Å². The summed E-state index contributed by atoms with van der Waals surface area (Å²) in [5, 5.41) is 17.8. The third-order valence-corrected chi connectivity index (χ3v) is 3.00. The summed E-state index contributed by atoms with van der Waals surface area (Å²) in [7, 11) is 0. The molecule has 1 rings (SSSR count). The Morgan fingerprint density at radius 3 is 2.50 bits per heavy atom. The van der Waals surface area contributed by atoms with E-state index in [2.05, 4.69) is 20.9 Å². The lowest BCUT2D eigenvalue weighted by Gasteiger charge is -2.23. The van der Waals surface area contributed by atoms with Gasteiger partial charge >= 0.3 is 6.16 Å². The van der Waals surface area contributed by atoms with Crippen LogP contribution in [-0.4, -0.2) is 16.2 Å². The zero-order valence-electron chi connectivity index (χ0n) is 9.91. The third-order valence-electron chi connectivity index (χ3n) is 2.10. The van der Waals surface area contributed by atoms with E-state index in [4.69, 9.17) is 26.7 Å². The molecule has 0 radical (unpaired) electrons. The van der Waals surface area contributed by atoms with Crippen LogP contribution >= 0.6 is 27.5 Å². The highest BCUT2D eigenvalue weighted by atomic mass is 79.9. The second kappa shape index (κ2) is 5.12. The lowest BCUT2D eigenvalue weighted by molar-refractivity contribution is 0.143. The van der Waals surface area contributed by atoms with Crippen LogP contribution in [-0.2, 0) is 5.41 Å². The maximum absolute atomic E-state index is 10.7. The molecule has 1 N–H and O–H groups in total. The Balaban J connectivity index is 3.65. The molecule has 1 aromatic heterocycles. The molecule has 0 aliphatic carbocycles. The minimum Gasteiger partial charge on any atom is -0.449 e. The van der Waals surface area contributed by atoms with E-state index in [-0.39, 0.29) is 21.1 Å². The first-order chi connectivity index (χ1) is 8.18. The van der Waals surface area contributed by atoms with Crippen molar-refractivity contribution < 1.29 is 14.6 Å². The summed E-state index contributed by atoms with van der Waals surface area (Å²) in [5.41, 5.74) is -0.0601. The van der Waals surface area contributed by atoms with Gasteiger partial charge in [-0.1, -0.05) is 32.4 Å². The maximum Gasteiger partial charge on any atom is 0.511 e. The van der Waals surface area contributed by atoms with Gasteiger partial charge in [0.05, 0.1) is 5.02 Å². The summed E-state index contributed by atoms with van der Waals surface area (Å²) < 4.78 is 4.83. The molecule has 0 aliphatic heterocycles. The van der Waals surface area contributed by atoms with E-state index >= 15 is 0 Å². The Bertz CT molecular complexity index is 547. The van der Waals surface area contributed by atoms with Crippen LogP contribution in [0.5, 0.6) is 5.75 Å². The number of nitriles is 1. The molecular formula is C11H10BrClN2O3. The smallest absolute Gasteiger partial charge is 0.449 e. The number of pyridine rings is 1. The second-order valence-electron chi connectivity index (χ2n) is 4.50. The summed E-state index contributed by atoms with van der Waals surface area (Å²) in [6, 6.07) is 1.85. The number of rotatable bonds is 1. The molecule has 7 heteroatoms. The lowest BCUT2D eigenvalue weighted by Crippen LogP contribution is -2.18. The summed E-state index contributed by atoms with van der Waals surface area (Å²) in [4.78, 5) is 14.5. The van der Waals surface area contributed by atoms with E-state index in [0.29, 0.717) is 5.56 Å². The number of aromatic nitrogens is 1. The summed E-state index contributed by atoms with van der Waals surface area (Å²) in [6.45, 7) is 5.49. The van der Waals surface area contributed by atoms with Crippen molar-refractivity contribution in [3.05, 3.63) is 20.9 Å². The Labute approximate surface area is 117 Å². The molecule has 0 saturated heterocycles. The van der Waals surface area contributed by atoms with Gasteiger partial charge in [0.25, 0.3) is 0 Å². The topological polar surface area (TPSA) is 83.2 Å². The highest BCUT2D eigenvalue weighted by Crippen LogP contribution is 2.42. The zero-order valence-corrected chi connectivity index (χ0v) is 12.3. The number of halogens is 2. The van der Waals surface area contributed by atoms with Gasteiger partial charge in [-0.25, -0.2) is 9.78 Å². The van der Waals surface area contributed by atoms with E-state index in [0.717, 1.165) is 0 Å². The van der Waals surface area contributed by atoms with E-state index < -0.39 is 11.6 Å². The molecule has 0 unspecified atom stereocenters. The molecule has 0 spiro atoms. The maximum atomic E-state index is 10.7. The molecule has 0 aromatic carbocycles. The fourth-order valence-corrected chi connectivity index (χ4v) is 2.35. The summed E-state index contributed by atoms with van der Waals surface area (Å²) in [5.74, 6) is 0.0130. The van der Waals surface area contributed by atoms with Gasteiger partial charge in [0.2, 0.25) is 0 Å². The first-order valence-electron chi connectivity index (χ1n) is 4.88. The van der Waals surface area contributed by atoms with Crippen LogP contribution in [0.15, 0.2) is 4.60 Å². The first kappa shape index (κ1) is 14.7. The highest BCUT2D eigenvalue weighted by Gasteiger charge is 2.29. The molecule has 0 atom stereocenters. The van der Waals surface area contributed by atoms with Crippen molar-refractivity contribution in [1.82, 2.24) is 4.98 Å². The number of hydrogen-bond donors (Lipinski definition) is 1. The fourth-order valence-electron chi connectivity index (χ4n) is 1.44.